The molecule has 0 bridgehead atoms. The SMILES string of the molecule is CC(C)(N)C(=O)NCc1nn(-c2ccccc2)c2c1CCC2. The molecule has 0 spiro atoms. The van der Waals surface area contributed by atoms with Gasteiger partial charge >= 0.3 is 0 Å². The van der Waals surface area contributed by atoms with Gasteiger partial charge in [0.05, 0.1) is 23.5 Å². The Bertz CT molecular complexity index is 683. The Morgan fingerprint density at radius 1 is 1.32 bits per heavy atom. The molecule has 0 radical (unpaired) electrons. The largest absolute Gasteiger partial charge is 0.349 e. The molecular formula is C17H22N4O. The molecule has 1 amide bonds. The smallest absolute Gasteiger partial charge is 0.239 e. The van der Waals surface area contributed by atoms with Crippen molar-refractivity contribution in [1.82, 2.24) is 15.1 Å². The lowest BCUT2D eigenvalue weighted by atomic mass is 10.1. The second kappa shape index (κ2) is 5.57. The Hall–Kier alpha value is -2.14. The van der Waals surface area contributed by atoms with Crippen LogP contribution in [0, 0.1) is 0 Å². The minimum Gasteiger partial charge on any atom is -0.349 e. The van der Waals surface area contributed by atoms with Gasteiger partial charge in [-0.05, 0) is 50.8 Å². The molecule has 0 saturated heterocycles. The summed E-state index contributed by atoms with van der Waals surface area (Å²) in [6.45, 7) is 3.84. The Morgan fingerprint density at radius 2 is 2.05 bits per heavy atom. The normalized spacial score (nSPS) is 14.0. The number of nitrogens with zero attached hydrogens (tertiary/aromatic N) is 2. The summed E-state index contributed by atoms with van der Waals surface area (Å²) >= 11 is 0. The van der Waals surface area contributed by atoms with E-state index in [4.69, 9.17) is 10.8 Å². The van der Waals surface area contributed by atoms with Crippen LogP contribution in [0.5, 0.6) is 0 Å². The van der Waals surface area contributed by atoms with Gasteiger partial charge in [-0.3, -0.25) is 4.79 Å². The molecule has 116 valence electrons. The van der Waals surface area contributed by atoms with E-state index in [0.717, 1.165) is 30.6 Å². The van der Waals surface area contributed by atoms with Crippen molar-refractivity contribution in [2.75, 3.05) is 0 Å². The van der Waals surface area contributed by atoms with E-state index < -0.39 is 5.54 Å². The minimum absolute atomic E-state index is 0.159. The summed E-state index contributed by atoms with van der Waals surface area (Å²) in [4.78, 5) is 11.9. The average molecular weight is 298 g/mol. The third kappa shape index (κ3) is 2.76. The maximum absolute atomic E-state index is 11.9. The first kappa shape index (κ1) is 14.8. The number of carbonyl (C=O) groups is 1. The Balaban J connectivity index is 1.86. The van der Waals surface area contributed by atoms with Crippen molar-refractivity contribution in [3.63, 3.8) is 0 Å². The molecular weight excluding hydrogens is 276 g/mol. The predicted molar refractivity (Wildman–Crippen MR) is 85.7 cm³/mol. The van der Waals surface area contributed by atoms with Gasteiger partial charge < -0.3 is 11.1 Å². The van der Waals surface area contributed by atoms with E-state index in [0.29, 0.717) is 6.54 Å². The van der Waals surface area contributed by atoms with Crippen LogP contribution in [-0.2, 0) is 24.2 Å². The fraction of sp³-hybridized carbons (Fsp3) is 0.412. The lowest BCUT2D eigenvalue weighted by Gasteiger charge is -2.17. The molecule has 1 aromatic heterocycles. The number of fused-ring (bicyclic) bond motifs is 1. The van der Waals surface area contributed by atoms with Crippen LogP contribution in [0.2, 0.25) is 0 Å². The maximum Gasteiger partial charge on any atom is 0.239 e. The van der Waals surface area contributed by atoms with E-state index in [9.17, 15) is 4.79 Å². The fourth-order valence-electron chi connectivity index (χ4n) is 2.83. The standard InChI is InChI=1S/C17H22N4O/c1-17(2,18)16(22)19-11-14-13-9-6-10-15(13)21(20-14)12-7-4-3-5-8-12/h3-5,7-8H,6,9-11,18H2,1-2H3,(H,19,22). The van der Waals surface area contributed by atoms with Crippen LogP contribution in [-0.4, -0.2) is 21.2 Å². The summed E-state index contributed by atoms with van der Waals surface area (Å²) in [5.41, 5.74) is 9.51. The zero-order valence-electron chi connectivity index (χ0n) is 13.1. The van der Waals surface area contributed by atoms with E-state index in [1.807, 2.05) is 22.9 Å². The molecule has 3 N–H and O–H groups in total. The van der Waals surface area contributed by atoms with Crippen LogP contribution in [0.4, 0.5) is 0 Å². The number of nitrogens with one attached hydrogen (secondary N) is 1. The Morgan fingerprint density at radius 3 is 2.73 bits per heavy atom. The van der Waals surface area contributed by atoms with Crippen LogP contribution < -0.4 is 11.1 Å². The maximum atomic E-state index is 11.9. The highest BCUT2D eigenvalue weighted by Crippen LogP contribution is 2.27. The highest BCUT2D eigenvalue weighted by Gasteiger charge is 2.25. The number of hydrogen-bond donors (Lipinski definition) is 2. The van der Waals surface area contributed by atoms with Crippen molar-refractivity contribution in [2.24, 2.45) is 5.73 Å². The molecule has 0 unspecified atom stereocenters. The molecule has 5 nitrogen and oxygen atoms in total. The Kier molecular flexibility index (Phi) is 3.74. The van der Waals surface area contributed by atoms with Gasteiger partial charge in [0.15, 0.2) is 0 Å². The van der Waals surface area contributed by atoms with Crippen LogP contribution in [0.3, 0.4) is 0 Å². The van der Waals surface area contributed by atoms with Gasteiger partial charge in [0.2, 0.25) is 5.91 Å². The van der Waals surface area contributed by atoms with E-state index in [-0.39, 0.29) is 5.91 Å². The van der Waals surface area contributed by atoms with Gasteiger partial charge in [0.25, 0.3) is 0 Å². The number of carbonyl (C=O) groups excluding carboxylic acids is 1. The molecule has 0 fully saturated rings. The summed E-state index contributed by atoms with van der Waals surface area (Å²) < 4.78 is 2.01. The summed E-state index contributed by atoms with van der Waals surface area (Å²) in [6, 6.07) is 10.1. The summed E-state index contributed by atoms with van der Waals surface area (Å²) in [7, 11) is 0. The van der Waals surface area contributed by atoms with Gasteiger partial charge in [-0.15, -0.1) is 0 Å². The highest BCUT2D eigenvalue weighted by atomic mass is 16.2. The van der Waals surface area contributed by atoms with Crippen molar-refractivity contribution in [3.8, 4) is 5.69 Å². The topological polar surface area (TPSA) is 72.9 Å². The summed E-state index contributed by atoms with van der Waals surface area (Å²) in [5.74, 6) is -0.159. The second-order valence-electron chi connectivity index (χ2n) is 6.38. The van der Waals surface area contributed by atoms with Crippen LogP contribution in [0.1, 0.15) is 37.2 Å². The summed E-state index contributed by atoms with van der Waals surface area (Å²) in [5, 5.41) is 7.61. The molecule has 5 heteroatoms. The van der Waals surface area contributed by atoms with E-state index >= 15 is 0 Å². The number of benzene rings is 1. The monoisotopic (exact) mass is 298 g/mol. The van der Waals surface area contributed by atoms with Gasteiger partial charge in [0.1, 0.15) is 0 Å². The van der Waals surface area contributed by atoms with Gasteiger partial charge in [-0.1, -0.05) is 18.2 Å². The first-order valence-electron chi connectivity index (χ1n) is 7.69. The van der Waals surface area contributed by atoms with Crippen molar-refractivity contribution in [2.45, 2.75) is 45.2 Å². The van der Waals surface area contributed by atoms with Crippen LogP contribution in [0.15, 0.2) is 30.3 Å². The number of aromatic nitrogens is 2. The van der Waals surface area contributed by atoms with Crippen molar-refractivity contribution in [3.05, 3.63) is 47.3 Å². The van der Waals surface area contributed by atoms with Crippen molar-refractivity contribution >= 4 is 5.91 Å². The zero-order chi connectivity index (χ0) is 15.7. The number of hydrogen-bond acceptors (Lipinski definition) is 3. The van der Waals surface area contributed by atoms with Gasteiger partial charge in [-0.2, -0.15) is 5.10 Å². The molecule has 3 rings (SSSR count). The van der Waals surface area contributed by atoms with Gasteiger partial charge in [0, 0.05) is 5.69 Å². The number of amides is 1. The minimum atomic E-state index is -0.870. The predicted octanol–water partition coefficient (Wildman–Crippen LogP) is 1.71. The van der Waals surface area contributed by atoms with E-state index in [2.05, 4.69) is 17.4 Å². The molecule has 0 atom stereocenters. The zero-order valence-corrected chi connectivity index (χ0v) is 13.1. The summed E-state index contributed by atoms with van der Waals surface area (Å²) in [6.07, 6.45) is 3.20. The first-order chi connectivity index (χ1) is 10.5. The van der Waals surface area contributed by atoms with Gasteiger partial charge in [-0.25, -0.2) is 4.68 Å². The molecule has 1 heterocycles. The van der Waals surface area contributed by atoms with Crippen molar-refractivity contribution in [1.29, 1.82) is 0 Å². The second-order valence-corrected chi connectivity index (χ2v) is 6.38. The lowest BCUT2D eigenvalue weighted by Crippen LogP contribution is -2.48. The molecule has 1 aliphatic rings. The van der Waals surface area contributed by atoms with Crippen LogP contribution >= 0.6 is 0 Å². The van der Waals surface area contributed by atoms with E-state index in [1.165, 1.54) is 11.3 Å². The molecule has 1 aliphatic carbocycles. The highest BCUT2D eigenvalue weighted by molar-refractivity contribution is 5.84. The average Bonchev–Trinajstić information content (AvgIpc) is 3.07. The molecule has 2 aromatic rings. The van der Waals surface area contributed by atoms with E-state index in [1.54, 1.807) is 13.8 Å². The Labute approximate surface area is 130 Å². The third-order valence-electron chi connectivity index (χ3n) is 4.02. The number of nitrogens with two attached hydrogens (primary N) is 1. The molecule has 0 saturated carbocycles. The van der Waals surface area contributed by atoms with Crippen molar-refractivity contribution < 1.29 is 4.79 Å². The fourth-order valence-corrected chi connectivity index (χ4v) is 2.83. The number of para-hydroxylation sites is 1. The third-order valence-corrected chi connectivity index (χ3v) is 4.02. The van der Waals surface area contributed by atoms with Crippen LogP contribution in [0.25, 0.3) is 5.69 Å². The molecule has 22 heavy (non-hydrogen) atoms. The molecule has 0 aliphatic heterocycles. The molecule has 1 aromatic carbocycles. The lowest BCUT2D eigenvalue weighted by molar-refractivity contribution is -0.125. The first-order valence-corrected chi connectivity index (χ1v) is 7.69. The number of rotatable bonds is 4. The quantitative estimate of drug-likeness (QED) is 0.902.